The summed E-state index contributed by atoms with van der Waals surface area (Å²) in [6, 6.07) is 0. The van der Waals surface area contributed by atoms with Crippen molar-refractivity contribution in [1.29, 1.82) is 0 Å². The van der Waals surface area contributed by atoms with Crippen molar-refractivity contribution < 1.29 is 14.3 Å². The quantitative estimate of drug-likeness (QED) is 0.317. The van der Waals surface area contributed by atoms with Crippen LogP contribution in [-0.4, -0.2) is 30.1 Å². The smallest absolute Gasteiger partial charge is 0.308 e. The molecule has 0 fully saturated rings. The standard InChI is InChI=1S/C15H29BrO3/c1-15(2,3)19-14(17)10-13-18-12-9-7-5-4-6-8-11-16/h4-13H2,1-3H3. The van der Waals surface area contributed by atoms with Crippen LogP contribution in [0.25, 0.3) is 0 Å². The summed E-state index contributed by atoms with van der Waals surface area (Å²) in [5.74, 6) is -0.178. The van der Waals surface area contributed by atoms with Crippen LogP contribution in [-0.2, 0) is 14.3 Å². The van der Waals surface area contributed by atoms with E-state index < -0.39 is 5.60 Å². The minimum atomic E-state index is -0.397. The van der Waals surface area contributed by atoms with Crippen molar-refractivity contribution in [3.05, 3.63) is 0 Å². The largest absolute Gasteiger partial charge is 0.460 e. The van der Waals surface area contributed by atoms with Gasteiger partial charge in [0.15, 0.2) is 0 Å². The average Bonchev–Trinajstić information content (AvgIpc) is 2.29. The summed E-state index contributed by atoms with van der Waals surface area (Å²) in [6.45, 7) is 6.85. The van der Waals surface area contributed by atoms with Crippen molar-refractivity contribution in [2.45, 2.75) is 71.3 Å². The van der Waals surface area contributed by atoms with E-state index in [0.29, 0.717) is 13.0 Å². The molecule has 0 aromatic rings. The molecule has 0 saturated carbocycles. The van der Waals surface area contributed by atoms with Crippen molar-refractivity contribution in [3.8, 4) is 0 Å². The molecule has 3 nitrogen and oxygen atoms in total. The second-order valence-electron chi connectivity index (χ2n) is 5.76. The number of carbonyl (C=O) groups excluding carboxylic acids is 1. The predicted molar refractivity (Wildman–Crippen MR) is 82.8 cm³/mol. The normalized spacial score (nSPS) is 11.6. The summed E-state index contributed by atoms with van der Waals surface area (Å²) >= 11 is 3.43. The number of hydrogen-bond acceptors (Lipinski definition) is 3. The highest BCUT2D eigenvalue weighted by Crippen LogP contribution is 2.09. The highest BCUT2D eigenvalue weighted by Gasteiger charge is 2.15. The molecule has 0 aliphatic heterocycles. The molecule has 4 heteroatoms. The Bertz CT molecular complexity index is 224. The van der Waals surface area contributed by atoms with E-state index in [1.807, 2.05) is 20.8 Å². The second-order valence-corrected chi connectivity index (χ2v) is 6.55. The maximum Gasteiger partial charge on any atom is 0.308 e. The van der Waals surface area contributed by atoms with Crippen molar-refractivity contribution in [1.82, 2.24) is 0 Å². The van der Waals surface area contributed by atoms with Gasteiger partial charge in [-0.05, 0) is 33.6 Å². The molecule has 0 amide bonds. The molecular formula is C15H29BrO3. The molecule has 19 heavy (non-hydrogen) atoms. The number of alkyl halides is 1. The van der Waals surface area contributed by atoms with Gasteiger partial charge in [0, 0.05) is 11.9 Å². The van der Waals surface area contributed by atoms with E-state index in [1.165, 1.54) is 32.1 Å². The molecule has 0 aliphatic carbocycles. The predicted octanol–water partition coefficient (Wildman–Crippen LogP) is 4.47. The summed E-state index contributed by atoms with van der Waals surface area (Å²) in [5.41, 5.74) is -0.397. The summed E-state index contributed by atoms with van der Waals surface area (Å²) < 4.78 is 10.6. The van der Waals surface area contributed by atoms with Gasteiger partial charge in [-0.1, -0.05) is 41.6 Å². The molecule has 0 rings (SSSR count). The lowest BCUT2D eigenvalue weighted by Gasteiger charge is -2.19. The minimum Gasteiger partial charge on any atom is -0.460 e. The van der Waals surface area contributed by atoms with E-state index in [9.17, 15) is 4.79 Å². The Morgan fingerprint density at radius 1 is 0.947 bits per heavy atom. The molecule has 0 aliphatic rings. The van der Waals surface area contributed by atoms with Crippen LogP contribution in [0.5, 0.6) is 0 Å². The molecule has 0 saturated heterocycles. The molecule has 0 aromatic heterocycles. The molecule has 0 atom stereocenters. The molecule has 0 radical (unpaired) electrons. The van der Waals surface area contributed by atoms with Crippen LogP contribution in [0.4, 0.5) is 0 Å². The van der Waals surface area contributed by atoms with Gasteiger partial charge >= 0.3 is 5.97 Å². The van der Waals surface area contributed by atoms with Crippen LogP contribution in [0.3, 0.4) is 0 Å². The van der Waals surface area contributed by atoms with Gasteiger partial charge < -0.3 is 9.47 Å². The fourth-order valence-corrected chi connectivity index (χ4v) is 2.05. The first-order valence-electron chi connectivity index (χ1n) is 7.31. The SMILES string of the molecule is CC(C)(C)OC(=O)CCOCCCCCCCCBr. The van der Waals surface area contributed by atoms with Gasteiger partial charge in [0.25, 0.3) is 0 Å². The lowest BCUT2D eigenvalue weighted by Crippen LogP contribution is -2.24. The Kier molecular flexibility index (Phi) is 11.7. The number of esters is 1. The van der Waals surface area contributed by atoms with Gasteiger partial charge in [0.2, 0.25) is 0 Å². The van der Waals surface area contributed by atoms with Gasteiger partial charge in [-0.2, -0.15) is 0 Å². The van der Waals surface area contributed by atoms with E-state index >= 15 is 0 Å². The third kappa shape index (κ3) is 15.9. The third-order valence-electron chi connectivity index (χ3n) is 2.54. The first kappa shape index (κ1) is 18.9. The third-order valence-corrected chi connectivity index (χ3v) is 3.10. The minimum absolute atomic E-state index is 0.178. The van der Waals surface area contributed by atoms with E-state index in [-0.39, 0.29) is 5.97 Å². The summed E-state index contributed by atoms with van der Waals surface area (Å²) in [7, 11) is 0. The van der Waals surface area contributed by atoms with Crippen molar-refractivity contribution in [3.63, 3.8) is 0 Å². The maximum atomic E-state index is 11.4. The number of rotatable bonds is 11. The molecule has 0 bridgehead atoms. The molecule has 0 N–H and O–H groups in total. The van der Waals surface area contributed by atoms with Gasteiger partial charge in [0.05, 0.1) is 13.0 Å². The summed E-state index contributed by atoms with van der Waals surface area (Å²) in [6.07, 6.45) is 7.82. The lowest BCUT2D eigenvalue weighted by atomic mass is 10.1. The van der Waals surface area contributed by atoms with Crippen molar-refractivity contribution in [2.75, 3.05) is 18.5 Å². The Morgan fingerprint density at radius 3 is 2.11 bits per heavy atom. The number of ether oxygens (including phenoxy) is 2. The summed E-state index contributed by atoms with van der Waals surface area (Å²) in [4.78, 5) is 11.4. The Balaban J connectivity index is 3.21. The first-order chi connectivity index (χ1) is 8.95. The Morgan fingerprint density at radius 2 is 1.53 bits per heavy atom. The van der Waals surface area contributed by atoms with Crippen LogP contribution in [0.1, 0.15) is 65.7 Å². The van der Waals surface area contributed by atoms with E-state index in [0.717, 1.165) is 18.4 Å². The van der Waals surface area contributed by atoms with Crippen molar-refractivity contribution >= 4 is 21.9 Å². The van der Waals surface area contributed by atoms with Gasteiger partial charge in [-0.25, -0.2) is 0 Å². The number of halogens is 1. The Hall–Kier alpha value is -0.0900. The van der Waals surface area contributed by atoms with Crippen LogP contribution >= 0.6 is 15.9 Å². The second kappa shape index (κ2) is 11.7. The molecular weight excluding hydrogens is 308 g/mol. The zero-order chi connectivity index (χ0) is 14.6. The topological polar surface area (TPSA) is 35.5 Å². The van der Waals surface area contributed by atoms with E-state index in [1.54, 1.807) is 0 Å². The monoisotopic (exact) mass is 336 g/mol. The number of unbranched alkanes of at least 4 members (excludes halogenated alkanes) is 5. The highest BCUT2D eigenvalue weighted by molar-refractivity contribution is 9.09. The zero-order valence-electron chi connectivity index (χ0n) is 12.7. The average molecular weight is 337 g/mol. The fourth-order valence-electron chi connectivity index (χ4n) is 1.66. The van der Waals surface area contributed by atoms with Gasteiger partial charge in [-0.15, -0.1) is 0 Å². The van der Waals surface area contributed by atoms with Crippen LogP contribution in [0, 0.1) is 0 Å². The van der Waals surface area contributed by atoms with E-state index in [4.69, 9.17) is 9.47 Å². The lowest BCUT2D eigenvalue weighted by molar-refractivity contribution is -0.156. The number of carbonyl (C=O) groups is 1. The van der Waals surface area contributed by atoms with Crippen LogP contribution in [0.15, 0.2) is 0 Å². The molecule has 0 unspecified atom stereocenters. The van der Waals surface area contributed by atoms with Crippen molar-refractivity contribution in [2.24, 2.45) is 0 Å². The number of hydrogen-bond donors (Lipinski definition) is 0. The zero-order valence-corrected chi connectivity index (χ0v) is 14.3. The molecule has 114 valence electrons. The maximum absolute atomic E-state index is 11.4. The molecule has 0 aromatic carbocycles. The van der Waals surface area contributed by atoms with Gasteiger partial charge in [0.1, 0.15) is 5.60 Å². The first-order valence-corrected chi connectivity index (χ1v) is 8.43. The highest BCUT2D eigenvalue weighted by atomic mass is 79.9. The summed E-state index contributed by atoms with van der Waals surface area (Å²) in [5, 5.41) is 1.11. The van der Waals surface area contributed by atoms with Crippen LogP contribution in [0.2, 0.25) is 0 Å². The molecule has 0 spiro atoms. The van der Waals surface area contributed by atoms with E-state index in [2.05, 4.69) is 15.9 Å². The molecule has 0 heterocycles. The van der Waals surface area contributed by atoms with Crippen LogP contribution < -0.4 is 0 Å². The van der Waals surface area contributed by atoms with Gasteiger partial charge in [-0.3, -0.25) is 4.79 Å². The Labute approximate surface area is 126 Å². The fraction of sp³-hybridized carbons (Fsp3) is 0.933.